The highest BCUT2D eigenvalue weighted by molar-refractivity contribution is 7.09. The average Bonchev–Trinajstić information content (AvgIpc) is 3.02. The third-order valence-electron chi connectivity index (χ3n) is 3.83. The summed E-state index contributed by atoms with van der Waals surface area (Å²) >= 11 is 1.74. The minimum Gasteiger partial charge on any atom is -0.385 e. The van der Waals surface area contributed by atoms with Crippen LogP contribution in [-0.2, 0) is 13.0 Å². The maximum absolute atomic E-state index is 4.38. The Morgan fingerprint density at radius 3 is 3.25 bits per heavy atom. The molecular formula is C16H21N3S. The highest BCUT2D eigenvalue weighted by atomic mass is 32.1. The van der Waals surface area contributed by atoms with Crippen LogP contribution in [0.5, 0.6) is 0 Å². The van der Waals surface area contributed by atoms with Crippen molar-refractivity contribution in [2.24, 2.45) is 0 Å². The van der Waals surface area contributed by atoms with Gasteiger partial charge in [-0.2, -0.15) is 0 Å². The van der Waals surface area contributed by atoms with E-state index in [4.69, 9.17) is 0 Å². The molecule has 0 saturated heterocycles. The van der Waals surface area contributed by atoms with E-state index in [0.29, 0.717) is 5.92 Å². The van der Waals surface area contributed by atoms with Crippen molar-refractivity contribution >= 4 is 17.0 Å². The summed E-state index contributed by atoms with van der Waals surface area (Å²) in [5, 5.41) is 10.3. The number of anilines is 1. The quantitative estimate of drug-likeness (QED) is 0.885. The first-order valence-electron chi connectivity index (χ1n) is 7.29. The van der Waals surface area contributed by atoms with Crippen molar-refractivity contribution < 1.29 is 0 Å². The molecule has 0 saturated carbocycles. The van der Waals surface area contributed by atoms with E-state index in [1.165, 1.54) is 34.7 Å². The van der Waals surface area contributed by atoms with E-state index in [0.717, 1.165) is 19.6 Å². The lowest BCUT2D eigenvalue weighted by Crippen LogP contribution is -2.21. The molecule has 20 heavy (non-hydrogen) atoms. The number of hydrogen-bond acceptors (Lipinski definition) is 4. The van der Waals surface area contributed by atoms with Gasteiger partial charge in [0.2, 0.25) is 0 Å². The van der Waals surface area contributed by atoms with E-state index < -0.39 is 0 Å². The molecule has 2 heterocycles. The van der Waals surface area contributed by atoms with Crippen LogP contribution in [0.2, 0.25) is 0 Å². The zero-order chi connectivity index (χ0) is 13.8. The van der Waals surface area contributed by atoms with Gasteiger partial charge in [-0.3, -0.25) is 0 Å². The summed E-state index contributed by atoms with van der Waals surface area (Å²) < 4.78 is 0. The highest BCUT2D eigenvalue weighted by Gasteiger charge is 2.13. The molecule has 0 spiro atoms. The van der Waals surface area contributed by atoms with Crippen molar-refractivity contribution in [3.8, 4) is 0 Å². The van der Waals surface area contributed by atoms with Gasteiger partial charge in [-0.1, -0.05) is 19.1 Å². The first-order chi connectivity index (χ1) is 9.84. The lowest BCUT2D eigenvalue weighted by atomic mass is 9.97. The molecule has 1 aromatic heterocycles. The normalized spacial score (nSPS) is 15.4. The number of aromatic nitrogens is 1. The van der Waals surface area contributed by atoms with Crippen LogP contribution < -0.4 is 10.6 Å². The van der Waals surface area contributed by atoms with Gasteiger partial charge in [0, 0.05) is 42.8 Å². The van der Waals surface area contributed by atoms with Gasteiger partial charge in [0.05, 0.1) is 5.01 Å². The second kappa shape index (κ2) is 6.37. The second-order valence-corrected chi connectivity index (χ2v) is 6.30. The zero-order valence-electron chi connectivity index (χ0n) is 11.9. The maximum atomic E-state index is 4.38. The van der Waals surface area contributed by atoms with Gasteiger partial charge in [-0.05, 0) is 30.0 Å². The molecule has 1 aliphatic rings. The molecule has 2 aromatic rings. The molecule has 2 N–H and O–H groups in total. The summed E-state index contributed by atoms with van der Waals surface area (Å²) in [7, 11) is 0. The van der Waals surface area contributed by atoms with Gasteiger partial charge < -0.3 is 10.6 Å². The summed E-state index contributed by atoms with van der Waals surface area (Å²) in [4.78, 5) is 4.38. The predicted molar refractivity (Wildman–Crippen MR) is 85.5 cm³/mol. The van der Waals surface area contributed by atoms with Crippen LogP contribution >= 0.6 is 11.3 Å². The van der Waals surface area contributed by atoms with Crippen LogP contribution in [0.25, 0.3) is 0 Å². The Bertz CT molecular complexity index is 551. The molecule has 0 aliphatic carbocycles. The average molecular weight is 287 g/mol. The van der Waals surface area contributed by atoms with E-state index in [9.17, 15) is 0 Å². The number of fused-ring (bicyclic) bond motifs is 1. The lowest BCUT2D eigenvalue weighted by molar-refractivity contribution is 0.609. The van der Waals surface area contributed by atoms with E-state index >= 15 is 0 Å². The number of benzene rings is 1. The fourth-order valence-electron chi connectivity index (χ4n) is 2.74. The van der Waals surface area contributed by atoms with Gasteiger partial charge in [0.15, 0.2) is 0 Å². The topological polar surface area (TPSA) is 37.0 Å². The Kier molecular flexibility index (Phi) is 4.33. The van der Waals surface area contributed by atoms with Crippen molar-refractivity contribution in [3.63, 3.8) is 0 Å². The summed E-state index contributed by atoms with van der Waals surface area (Å²) in [6, 6.07) is 6.58. The lowest BCUT2D eigenvalue weighted by Gasteiger charge is -2.21. The van der Waals surface area contributed by atoms with Gasteiger partial charge in [-0.15, -0.1) is 11.3 Å². The van der Waals surface area contributed by atoms with E-state index in [1.807, 2.05) is 11.6 Å². The molecule has 1 aromatic carbocycles. The minimum atomic E-state index is 0.479. The standard InChI is InChI=1S/C16H21N3S/c1-12(16-19-8-9-20-16)10-17-11-13-4-2-6-15-14(13)5-3-7-18-15/h2,4,6,8-9,12,17-18H,3,5,7,10-11H2,1H3. The largest absolute Gasteiger partial charge is 0.385 e. The third kappa shape index (κ3) is 3.02. The van der Waals surface area contributed by atoms with Crippen molar-refractivity contribution in [3.05, 3.63) is 45.9 Å². The highest BCUT2D eigenvalue weighted by Crippen LogP contribution is 2.25. The van der Waals surface area contributed by atoms with E-state index in [1.54, 1.807) is 11.3 Å². The Morgan fingerprint density at radius 1 is 1.45 bits per heavy atom. The van der Waals surface area contributed by atoms with Crippen molar-refractivity contribution in [1.29, 1.82) is 0 Å². The molecule has 0 amide bonds. The number of rotatable bonds is 5. The summed E-state index contributed by atoms with van der Waals surface area (Å²) in [5.74, 6) is 0.479. The molecule has 1 atom stereocenters. The van der Waals surface area contributed by atoms with E-state index in [2.05, 4.69) is 40.7 Å². The zero-order valence-corrected chi connectivity index (χ0v) is 12.7. The molecule has 1 aliphatic heterocycles. The fourth-order valence-corrected chi connectivity index (χ4v) is 3.44. The molecule has 3 nitrogen and oxygen atoms in total. The van der Waals surface area contributed by atoms with Crippen LogP contribution in [0.3, 0.4) is 0 Å². The van der Waals surface area contributed by atoms with Gasteiger partial charge >= 0.3 is 0 Å². The summed E-state index contributed by atoms with van der Waals surface area (Å²) in [5.41, 5.74) is 4.25. The van der Waals surface area contributed by atoms with Crippen LogP contribution in [0.4, 0.5) is 5.69 Å². The first kappa shape index (κ1) is 13.6. The Labute approximate surface area is 124 Å². The van der Waals surface area contributed by atoms with Crippen molar-refractivity contribution in [2.45, 2.75) is 32.2 Å². The molecule has 0 radical (unpaired) electrons. The smallest absolute Gasteiger partial charge is 0.0965 e. The minimum absolute atomic E-state index is 0.479. The molecule has 4 heteroatoms. The molecule has 0 fully saturated rings. The molecule has 1 unspecified atom stereocenters. The Balaban J connectivity index is 1.59. The van der Waals surface area contributed by atoms with Gasteiger partial charge in [-0.25, -0.2) is 4.98 Å². The predicted octanol–water partition coefficient (Wildman–Crippen LogP) is 3.39. The van der Waals surface area contributed by atoms with E-state index in [-0.39, 0.29) is 0 Å². The van der Waals surface area contributed by atoms with Crippen LogP contribution in [0.15, 0.2) is 29.8 Å². The number of hydrogen-bond donors (Lipinski definition) is 2. The second-order valence-electron chi connectivity index (χ2n) is 5.38. The molecule has 3 rings (SSSR count). The van der Waals surface area contributed by atoms with Gasteiger partial charge in [0.25, 0.3) is 0 Å². The SMILES string of the molecule is CC(CNCc1cccc2c1CCCN2)c1nccs1. The Morgan fingerprint density at radius 2 is 2.40 bits per heavy atom. The van der Waals surface area contributed by atoms with Crippen LogP contribution in [-0.4, -0.2) is 18.1 Å². The maximum Gasteiger partial charge on any atom is 0.0965 e. The molecule has 0 bridgehead atoms. The number of thiazole rings is 1. The monoisotopic (exact) mass is 287 g/mol. The summed E-state index contributed by atoms with van der Waals surface area (Å²) in [6.07, 6.45) is 4.32. The number of nitrogens with one attached hydrogen (secondary N) is 2. The first-order valence-corrected chi connectivity index (χ1v) is 8.17. The van der Waals surface area contributed by atoms with Crippen molar-refractivity contribution in [1.82, 2.24) is 10.3 Å². The number of nitrogens with zero attached hydrogens (tertiary/aromatic N) is 1. The third-order valence-corrected chi connectivity index (χ3v) is 4.84. The Hall–Kier alpha value is -1.39. The fraction of sp³-hybridized carbons (Fsp3) is 0.438. The van der Waals surface area contributed by atoms with Crippen molar-refractivity contribution in [2.75, 3.05) is 18.4 Å². The van der Waals surface area contributed by atoms with Crippen LogP contribution in [0.1, 0.15) is 35.4 Å². The van der Waals surface area contributed by atoms with Gasteiger partial charge in [0.1, 0.15) is 0 Å². The molecular weight excluding hydrogens is 266 g/mol. The molecule has 106 valence electrons. The van der Waals surface area contributed by atoms with Crippen LogP contribution in [0, 0.1) is 0 Å². The summed E-state index contributed by atoms with van der Waals surface area (Å²) in [6.45, 7) is 5.25.